The van der Waals surface area contributed by atoms with Crippen molar-refractivity contribution >= 4 is 21.5 Å². The number of thiazole rings is 1. The minimum atomic E-state index is -3.31. The largest absolute Gasteiger partial charge is 0.279 e. The van der Waals surface area contributed by atoms with Crippen LogP contribution in [0, 0.1) is 0 Å². The lowest BCUT2D eigenvalue weighted by Gasteiger charge is -2.15. The molecule has 0 spiro atoms. The maximum atomic E-state index is 11.9. The fraction of sp³-hybridized carbons (Fsp3) is 0.700. The number of hydrogen-bond donors (Lipinski definition) is 1. The third-order valence-corrected chi connectivity index (χ3v) is 5.22. The Hall–Kier alpha value is -0.500. The van der Waals surface area contributed by atoms with Gasteiger partial charge in [-0.15, -0.1) is 11.3 Å². The van der Waals surface area contributed by atoms with Crippen LogP contribution in [0.3, 0.4) is 0 Å². The predicted molar refractivity (Wildman–Crippen MR) is 68.1 cm³/mol. The second-order valence-electron chi connectivity index (χ2n) is 4.02. The summed E-state index contributed by atoms with van der Waals surface area (Å²) in [5.41, 5.74) is 1.02. The van der Waals surface area contributed by atoms with Crippen LogP contribution < -0.4 is 4.72 Å². The highest BCUT2D eigenvalue weighted by molar-refractivity contribution is 7.87. The van der Waals surface area contributed by atoms with Crippen LogP contribution in [-0.4, -0.2) is 30.8 Å². The van der Waals surface area contributed by atoms with E-state index in [2.05, 4.69) is 9.71 Å². The molecule has 0 unspecified atom stereocenters. The average Bonchev–Trinajstić information content (AvgIpc) is 2.98. The maximum Gasteiger partial charge on any atom is 0.279 e. The average molecular weight is 275 g/mol. The van der Waals surface area contributed by atoms with Gasteiger partial charge in [0.15, 0.2) is 0 Å². The minimum Gasteiger partial charge on any atom is -0.245 e. The van der Waals surface area contributed by atoms with Crippen LogP contribution in [0.2, 0.25) is 0 Å². The number of rotatable bonds is 5. The molecule has 1 aromatic rings. The SMILES string of the molecule is CCc1csc(CNS(=O)(=O)N2CCCC2)n1. The molecule has 17 heavy (non-hydrogen) atoms. The number of aryl methyl sites for hydroxylation is 1. The highest BCUT2D eigenvalue weighted by Gasteiger charge is 2.24. The van der Waals surface area contributed by atoms with Gasteiger partial charge < -0.3 is 0 Å². The lowest BCUT2D eigenvalue weighted by Crippen LogP contribution is -2.38. The lowest BCUT2D eigenvalue weighted by molar-refractivity contribution is 0.464. The first kappa shape index (κ1) is 12.9. The smallest absolute Gasteiger partial charge is 0.245 e. The van der Waals surface area contributed by atoms with E-state index in [0.29, 0.717) is 19.6 Å². The molecule has 2 heterocycles. The van der Waals surface area contributed by atoms with Crippen LogP contribution in [0.25, 0.3) is 0 Å². The molecule has 1 aliphatic rings. The van der Waals surface area contributed by atoms with Gasteiger partial charge in [0.1, 0.15) is 5.01 Å². The number of nitrogens with zero attached hydrogens (tertiary/aromatic N) is 2. The van der Waals surface area contributed by atoms with Gasteiger partial charge in [-0.25, -0.2) is 4.98 Å². The molecule has 0 radical (unpaired) electrons. The first-order valence-corrected chi connectivity index (χ1v) is 8.12. The zero-order valence-electron chi connectivity index (χ0n) is 9.85. The number of hydrogen-bond acceptors (Lipinski definition) is 4. The fourth-order valence-corrected chi connectivity index (χ4v) is 3.91. The van der Waals surface area contributed by atoms with E-state index in [1.807, 2.05) is 12.3 Å². The van der Waals surface area contributed by atoms with Crippen molar-refractivity contribution in [2.24, 2.45) is 0 Å². The highest BCUT2D eigenvalue weighted by atomic mass is 32.2. The van der Waals surface area contributed by atoms with E-state index < -0.39 is 10.2 Å². The molecule has 1 fully saturated rings. The van der Waals surface area contributed by atoms with Crippen LogP contribution >= 0.6 is 11.3 Å². The molecule has 1 aliphatic heterocycles. The predicted octanol–water partition coefficient (Wildman–Crippen LogP) is 1.14. The van der Waals surface area contributed by atoms with Crippen molar-refractivity contribution in [1.29, 1.82) is 0 Å². The van der Waals surface area contributed by atoms with Gasteiger partial charge in [-0.3, -0.25) is 0 Å². The van der Waals surface area contributed by atoms with Crippen LogP contribution in [-0.2, 0) is 23.2 Å². The van der Waals surface area contributed by atoms with Crippen molar-refractivity contribution in [2.45, 2.75) is 32.7 Å². The minimum absolute atomic E-state index is 0.295. The van der Waals surface area contributed by atoms with Crippen molar-refractivity contribution in [3.8, 4) is 0 Å². The second kappa shape index (κ2) is 5.43. The van der Waals surface area contributed by atoms with E-state index in [4.69, 9.17) is 0 Å². The van der Waals surface area contributed by atoms with E-state index in [9.17, 15) is 8.42 Å². The Balaban J connectivity index is 1.92. The monoisotopic (exact) mass is 275 g/mol. The van der Waals surface area contributed by atoms with E-state index >= 15 is 0 Å². The van der Waals surface area contributed by atoms with Crippen LogP contribution in [0.4, 0.5) is 0 Å². The van der Waals surface area contributed by atoms with E-state index in [1.165, 1.54) is 15.6 Å². The molecule has 0 aromatic carbocycles. The highest BCUT2D eigenvalue weighted by Crippen LogP contribution is 2.13. The summed E-state index contributed by atoms with van der Waals surface area (Å²) in [4.78, 5) is 4.33. The Morgan fingerprint density at radius 3 is 2.76 bits per heavy atom. The fourth-order valence-electron chi connectivity index (χ4n) is 1.77. The van der Waals surface area contributed by atoms with Crippen LogP contribution in [0.5, 0.6) is 0 Å². The third-order valence-electron chi connectivity index (χ3n) is 2.77. The Labute approximate surface area is 106 Å². The van der Waals surface area contributed by atoms with Crippen LogP contribution in [0.1, 0.15) is 30.5 Å². The van der Waals surface area contributed by atoms with Crippen molar-refractivity contribution in [2.75, 3.05) is 13.1 Å². The normalized spacial score (nSPS) is 17.7. The molecule has 1 saturated heterocycles. The molecule has 1 aromatic heterocycles. The molecule has 7 heteroatoms. The summed E-state index contributed by atoms with van der Waals surface area (Å²) in [6, 6.07) is 0. The van der Waals surface area contributed by atoms with E-state index in [-0.39, 0.29) is 0 Å². The maximum absolute atomic E-state index is 11.9. The van der Waals surface area contributed by atoms with Gasteiger partial charge >= 0.3 is 0 Å². The number of aromatic nitrogens is 1. The Kier molecular flexibility index (Phi) is 4.13. The lowest BCUT2D eigenvalue weighted by atomic mass is 10.4. The third kappa shape index (κ3) is 3.25. The molecule has 0 amide bonds. The molecular formula is C10H17N3O2S2. The van der Waals surface area contributed by atoms with Crippen molar-refractivity contribution < 1.29 is 8.42 Å². The van der Waals surface area contributed by atoms with E-state index in [0.717, 1.165) is 30.0 Å². The summed E-state index contributed by atoms with van der Waals surface area (Å²) < 4.78 is 27.9. The molecule has 0 atom stereocenters. The molecule has 1 N–H and O–H groups in total. The molecule has 0 aliphatic carbocycles. The zero-order chi connectivity index (χ0) is 12.3. The Morgan fingerprint density at radius 2 is 2.18 bits per heavy atom. The standard InChI is InChI=1S/C10H17N3O2S2/c1-2-9-8-16-10(12-9)7-11-17(14,15)13-5-3-4-6-13/h8,11H,2-7H2,1H3. The van der Waals surface area contributed by atoms with Gasteiger partial charge in [-0.1, -0.05) is 6.92 Å². The second-order valence-corrected chi connectivity index (χ2v) is 6.72. The topological polar surface area (TPSA) is 62.3 Å². The van der Waals surface area contributed by atoms with Gasteiger partial charge in [0, 0.05) is 18.5 Å². The Bertz CT molecular complexity index is 464. The first-order valence-electron chi connectivity index (χ1n) is 5.80. The summed E-state index contributed by atoms with van der Waals surface area (Å²) in [5.74, 6) is 0. The summed E-state index contributed by atoms with van der Waals surface area (Å²) in [5, 5.41) is 2.80. The van der Waals surface area contributed by atoms with Gasteiger partial charge in [0.05, 0.1) is 12.2 Å². The van der Waals surface area contributed by atoms with E-state index in [1.54, 1.807) is 0 Å². The van der Waals surface area contributed by atoms with Gasteiger partial charge in [0.25, 0.3) is 10.2 Å². The molecule has 0 bridgehead atoms. The van der Waals surface area contributed by atoms with Gasteiger partial charge in [0.2, 0.25) is 0 Å². The van der Waals surface area contributed by atoms with Crippen LogP contribution in [0.15, 0.2) is 5.38 Å². The van der Waals surface area contributed by atoms with Crippen molar-refractivity contribution in [3.63, 3.8) is 0 Å². The summed E-state index contributed by atoms with van der Waals surface area (Å²) >= 11 is 1.50. The Morgan fingerprint density at radius 1 is 1.47 bits per heavy atom. The molecule has 2 rings (SSSR count). The first-order chi connectivity index (χ1) is 8.12. The number of nitrogens with one attached hydrogen (secondary N) is 1. The van der Waals surface area contributed by atoms with Gasteiger partial charge in [-0.05, 0) is 19.3 Å². The zero-order valence-corrected chi connectivity index (χ0v) is 11.5. The summed E-state index contributed by atoms with van der Waals surface area (Å²) in [6.07, 6.45) is 2.80. The summed E-state index contributed by atoms with van der Waals surface area (Å²) in [7, 11) is -3.31. The van der Waals surface area contributed by atoms with Crippen molar-refractivity contribution in [3.05, 3.63) is 16.1 Å². The molecule has 0 saturated carbocycles. The van der Waals surface area contributed by atoms with Crippen molar-refractivity contribution in [1.82, 2.24) is 14.0 Å². The quantitative estimate of drug-likeness (QED) is 0.876. The van der Waals surface area contributed by atoms with Gasteiger partial charge in [-0.2, -0.15) is 17.4 Å². The molecule has 5 nitrogen and oxygen atoms in total. The summed E-state index contributed by atoms with van der Waals surface area (Å²) in [6.45, 7) is 3.59. The molecular weight excluding hydrogens is 258 g/mol. The molecule has 96 valence electrons.